The molecule has 0 aliphatic heterocycles. The summed E-state index contributed by atoms with van der Waals surface area (Å²) >= 11 is 0. The molecule has 0 radical (unpaired) electrons. The van der Waals surface area contributed by atoms with E-state index in [-0.39, 0.29) is 0 Å². The van der Waals surface area contributed by atoms with E-state index in [1.54, 1.807) is 7.11 Å². The molecule has 0 aromatic rings. The Morgan fingerprint density at radius 2 is 1.95 bits per heavy atom. The first-order chi connectivity index (χ1) is 9.33. The number of rotatable bonds is 9. The molecule has 19 heavy (non-hydrogen) atoms. The van der Waals surface area contributed by atoms with Crippen molar-refractivity contribution in [2.75, 3.05) is 40.1 Å². The molecular weight excluding hydrogens is 242 g/mol. The maximum Gasteiger partial charge on any atom is 0.0700 e. The summed E-state index contributed by atoms with van der Waals surface area (Å²) in [6, 6.07) is 0.637. The second kappa shape index (κ2) is 7.58. The lowest BCUT2D eigenvalue weighted by Gasteiger charge is -2.54. The fraction of sp³-hybridized carbons (Fsp3) is 1.00. The molecule has 0 heterocycles. The molecule has 2 aliphatic carbocycles. The molecule has 2 fully saturated rings. The van der Waals surface area contributed by atoms with Crippen molar-refractivity contribution >= 4 is 0 Å². The van der Waals surface area contributed by atoms with Crippen LogP contribution in [0.1, 0.15) is 39.0 Å². The molecule has 0 bridgehead atoms. The molecule has 2 atom stereocenters. The van der Waals surface area contributed by atoms with E-state index in [4.69, 9.17) is 14.2 Å². The number of hydrogen-bond acceptors (Lipinski definition) is 4. The van der Waals surface area contributed by atoms with Crippen molar-refractivity contribution in [1.29, 1.82) is 0 Å². The zero-order valence-corrected chi connectivity index (χ0v) is 12.5. The van der Waals surface area contributed by atoms with Crippen LogP contribution >= 0.6 is 0 Å². The molecule has 4 nitrogen and oxygen atoms in total. The van der Waals surface area contributed by atoms with Crippen LogP contribution in [-0.2, 0) is 14.2 Å². The fourth-order valence-electron chi connectivity index (χ4n) is 3.72. The van der Waals surface area contributed by atoms with Gasteiger partial charge in [0.05, 0.1) is 25.9 Å². The van der Waals surface area contributed by atoms with E-state index in [1.165, 1.54) is 32.1 Å². The molecular formula is C15H29NO3. The highest BCUT2D eigenvalue weighted by molar-refractivity contribution is 5.09. The topological polar surface area (TPSA) is 39.7 Å². The standard InChI is InChI=1S/C15H29NO3/c1-3-19-14-12-13(15(14)6-4-5-7-15)16-8-9-18-11-10-17-2/h13-14,16H,3-12H2,1-2H3. The third kappa shape index (κ3) is 3.48. The SMILES string of the molecule is CCOC1CC(NCCOCCOC)C12CCCC2. The normalized spacial score (nSPS) is 28.7. The van der Waals surface area contributed by atoms with Gasteiger partial charge >= 0.3 is 0 Å². The number of ether oxygens (including phenoxy) is 3. The van der Waals surface area contributed by atoms with Gasteiger partial charge < -0.3 is 19.5 Å². The average Bonchev–Trinajstić information content (AvgIpc) is 2.92. The summed E-state index contributed by atoms with van der Waals surface area (Å²) in [4.78, 5) is 0. The minimum atomic E-state index is 0.433. The zero-order chi connectivity index (χ0) is 13.6. The Balaban J connectivity index is 1.66. The van der Waals surface area contributed by atoms with Gasteiger partial charge in [0.2, 0.25) is 0 Å². The zero-order valence-electron chi connectivity index (χ0n) is 12.5. The second-order valence-corrected chi connectivity index (χ2v) is 5.73. The first-order valence-corrected chi connectivity index (χ1v) is 7.75. The van der Waals surface area contributed by atoms with Crippen molar-refractivity contribution in [2.24, 2.45) is 5.41 Å². The van der Waals surface area contributed by atoms with Crippen LogP contribution in [0.15, 0.2) is 0 Å². The molecule has 0 saturated heterocycles. The Morgan fingerprint density at radius 1 is 1.16 bits per heavy atom. The van der Waals surface area contributed by atoms with E-state index in [2.05, 4.69) is 12.2 Å². The van der Waals surface area contributed by atoms with Crippen LogP contribution in [0.5, 0.6) is 0 Å². The van der Waals surface area contributed by atoms with Crippen LogP contribution < -0.4 is 5.32 Å². The fourth-order valence-corrected chi connectivity index (χ4v) is 3.72. The Bertz CT molecular complexity index is 254. The highest BCUT2D eigenvalue weighted by Crippen LogP contribution is 2.54. The monoisotopic (exact) mass is 271 g/mol. The molecule has 1 spiro atoms. The van der Waals surface area contributed by atoms with Gasteiger partial charge in [-0.25, -0.2) is 0 Å². The van der Waals surface area contributed by atoms with Crippen molar-refractivity contribution in [3.05, 3.63) is 0 Å². The number of nitrogens with one attached hydrogen (secondary N) is 1. The predicted molar refractivity (Wildman–Crippen MR) is 75.4 cm³/mol. The lowest BCUT2D eigenvalue weighted by atomic mass is 9.60. The van der Waals surface area contributed by atoms with E-state index in [1.807, 2.05) is 0 Å². The Morgan fingerprint density at radius 3 is 2.63 bits per heavy atom. The average molecular weight is 271 g/mol. The maximum absolute atomic E-state index is 5.92. The van der Waals surface area contributed by atoms with Crippen molar-refractivity contribution in [3.63, 3.8) is 0 Å². The second-order valence-electron chi connectivity index (χ2n) is 5.73. The molecule has 2 aliphatic rings. The van der Waals surface area contributed by atoms with Crippen LogP contribution in [0.2, 0.25) is 0 Å². The molecule has 2 unspecified atom stereocenters. The highest BCUT2D eigenvalue weighted by Gasteiger charge is 2.56. The van der Waals surface area contributed by atoms with E-state index in [9.17, 15) is 0 Å². The summed E-state index contributed by atoms with van der Waals surface area (Å²) in [5, 5.41) is 3.67. The van der Waals surface area contributed by atoms with Crippen LogP contribution in [0.25, 0.3) is 0 Å². The first-order valence-electron chi connectivity index (χ1n) is 7.75. The summed E-state index contributed by atoms with van der Waals surface area (Å²) in [6.07, 6.45) is 7.07. The van der Waals surface area contributed by atoms with Gasteiger partial charge in [0.1, 0.15) is 0 Å². The number of hydrogen-bond donors (Lipinski definition) is 1. The molecule has 2 rings (SSSR count). The van der Waals surface area contributed by atoms with Gasteiger partial charge in [-0.05, 0) is 26.2 Å². The summed E-state index contributed by atoms with van der Waals surface area (Å²) in [5.74, 6) is 0. The van der Waals surface area contributed by atoms with Crippen LogP contribution in [0.3, 0.4) is 0 Å². The van der Waals surface area contributed by atoms with Gasteiger partial charge in [0.15, 0.2) is 0 Å². The Labute approximate surface area is 117 Å². The Kier molecular flexibility index (Phi) is 6.07. The molecule has 1 N–H and O–H groups in total. The largest absolute Gasteiger partial charge is 0.382 e. The van der Waals surface area contributed by atoms with Crippen LogP contribution in [0, 0.1) is 5.41 Å². The smallest absolute Gasteiger partial charge is 0.0700 e. The summed E-state index contributed by atoms with van der Waals surface area (Å²) in [7, 11) is 1.70. The predicted octanol–water partition coefficient (Wildman–Crippen LogP) is 1.98. The van der Waals surface area contributed by atoms with Crippen LogP contribution in [-0.4, -0.2) is 52.2 Å². The minimum absolute atomic E-state index is 0.433. The Hall–Kier alpha value is -0.160. The summed E-state index contributed by atoms with van der Waals surface area (Å²) in [6.45, 7) is 6.03. The van der Waals surface area contributed by atoms with Crippen molar-refractivity contribution in [2.45, 2.75) is 51.2 Å². The molecule has 0 aromatic heterocycles. The van der Waals surface area contributed by atoms with Crippen molar-refractivity contribution in [3.8, 4) is 0 Å². The third-order valence-electron chi connectivity index (χ3n) is 4.76. The van der Waals surface area contributed by atoms with E-state index in [0.29, 0.717) is 30.8 Å². The van der Waals surface area contributed by atoms with E-state index >= 15 is 0 Å². The lowest BCUT2D eigenvalue weighted by Crippen LogP contribution is -2.63. The van der Waals surface area contributed by atoms with Crippen LogP contribution in [0.4, 0.5) is 0 Å². The van der Waals surface area contributed by atoms with Gasteiger partial charge in [-0.2, -0.15) is 0 Å². The van der Waals surface area contributed by atoms with Gasteiger partial charge in [-0.15, -0.1) is 0 Å². The summed E-state index contributed by atoms with van der Waals surface area (Å²) in [5.41, 5.74) is 0.433. The number of methoxy groups -OCH3 is 1. The molecule has 2 saturated carbocycles. The van der Waals surface area contributed by atoms with Crippen molar-refractivity contribution in [1.82, 2.24) is 5.32 Å². The minimum Gasteiger partial charge on any atom is -0.382 e. The van der Waals surface area contributed by atoms with Gasteiger partial charge in [0.25, 0.3) is 0 Å². The quantitative estimate of drug-likeness (QED) is 0.651. The van der Waals surface area contributed by atoms with E-state index < -0.39 is 0 Å². The van der Waals surface area contributed by atoms with Crippen molar-refractivity contribution < 1.29 is 14.2 Å². The highest BCUT2D eigenvalue weighted by atomic mass is 16.5. The van der Waals surface area contributed by atoms with Gasteiger partial charge in [-0.3, -0.25) is 0 Å². The molecule has 4 heteroatoms. The van der Waals surface area contributed by atoms with Gasteiger partial charge in [0, 0.05) is 31.7 Å². The molecule has 0 amide bonds. The first kappa shape index (κ1) is 15.2. The summed E-state index contributed by atoms with van der Waals surface area (Å²) < 4.78 is 16.4. The van der Waals surface area contributed by atoms with E-state index in [0.717, 1.165) is 19.8 Å². The van der Waals surface area contributed by atoms with Gasteiger partial charge in [-0.1, -0.05) is 12.8 Å². The molecule has 0 aromatic carbocycles. The third-order valence-corrected chi connectivity index (χ3v) is 4.76. The molecule has 112 valence electrons. The maximum atomic E-state index is 5.92. The lowest BCUT2D eigenvalue weighted by molar-refractivity contribution is -0.131.